The number of fused-ring (bicyclic) bond motifs is 1. The van der Waals surface area contributed by atoms with Crippen molar-refractivity contribution in [3.63, 3.8) is 0 Å². The Morgan fingerprint density at radius 1 is 1.28 bits per heavy atom. The first-order valence-corrected chi connectivity index (χ1v) is 6.49. The number of nitrogens with one attached hydrogen (secondary N) is 1. The van der Waals surface area contributed by atoms with E-state index in [2.05, 4.69) is 22.2 Å². The minimum absolute atomic E-state index is 0.600. The molecule has 0 aliphatic rings. The molecule has 4 nitrogen and oxygen atoms in total. The Bertz CT molecular complexity index is 498. The van der Waals surface area contributed by atoms with Crippen molar-refractivity contribution in [1.82, 2.24) is 9.97 Å². The van der Waals surface area contributed by atoms with Gasteiger partial charge in [0.15, 0.2) is 0 Å². The van der Waals surface area contributed by atoms with Gasteiger partial charge in [-0.15, -0.1) is 0 Å². The smallest absolute Gasteiger partial charge is 0.145 e. The topological polar surface area (TPSA) is 63.8 Å². The predicted octanol–water partition coefficient (Wildman–Crippen LogP) is 2.42. The van der Waals surface area contributed by atoms with Crippen molar-refractivity contribution in [1.29, 1.82) is 0 Å². The number of para-hydroxylation sites is 2. The van der Waals surface area contributed by atoms with Gasteiger partial charge in [-0.25, -0.2) is 4.98 Å². The minimum atomic E-state index is 0.600. The fraction of sp³-hybridized carbons (Fsp3) is 0.429. The van der Waals surface area contributed by atoms with E-state index < -0.39 is 0 Å². The van der Waals surface area contributed by atoms with E-state index in [0.29, 0.717) is 5.92 Å². The molecule has 3 N–H and O–H groups in total. The fourth-order valence-corrected chi connectivity index (χ4v) is 1.98. The predicted molar refractivity (Wildman–Crippen MR) is 75.5 cm³/mol. The number of anilines is 1. The molecule has 2 aromatic rings. The van der Waals surface area contributed by atoms with Gasteiger partial charge in [-0.1, -0.05) is 25.5 Å². The largest absolute Gasteiger partial charge is 0.368 e. The molecule has 96 valence electrons. The van der Waals surface area contributed by atoms with Gasteiger partial charge in [0.1, 0.15) is 5.82 Å². The Morgan fingerprint density at radius 3 is 2.78 bits per heavy atom. The Hall–Kier alpha value is -1.68. The summed E-state index contributed by atoms with van der Waals surface area (Å²) in [6, 6.07) is 7.89. The highest BCUT2D eigenvalue weighted by Crippen LogP contribution is 2.13. The normalized spacial score (nSPS) is 12.6. The van der Waals surface area contributed by atoms with Crippen molar-refractivity contribution in [3.05, 3.63) is 30.5 Å². The molecule has 2 rings (SSSR count). The first-order valence-electron chi connectivity index (χ1n) is 6.49. The van der Waals surface area contributed by atoms with Crippen molar-refractivity contribution in [2.24, 2.45) is 11.7 Å². The van der Waals surface area contributed by atoms with E-state index in [1.807, 2.05) is 24.3 Å². The molecule has 0 radical (unpaired) electrons. The molecule has 0 amide bonds. The first kappa shape index (κ1) is 12.8. The molecular formula is C14H20N4. The first-order chi connectivity index (χ1) is 8.83. The molecule has 0 aliphatic heterocycles. The van der Waals surface area contributed by atoms with E-state index in [1.165, 1.54) is 0 Å². The molecule has 1 unspecified atom stereocenters. The molecule has 0 saturated heterocycles. The monoisotopic (exact) mass is 244 g/mol. The number of rotatable bonds is 6. The summed E-state index contributed by atoms with van der Waals surface area (Å²) in [6.07, 6.45) is 3.97. The Morgan fingerprint density at radius 2 is 2.06 bits per heavy atom. The van der Waals surface area contributed by atoms with Crippen LogP contribution in [-0.4, -0.2) is 23.1 Å². The Balaban J connectivity index is 2.03. The molecule has 4 heteroatoms. The molecule has 0 spiro atoms. The SMILES string of the molecule is CCC(CCN)CNc1cnc2ccccc2n1. The molecule has 1 atom stereocenters. The van der Waals surface area contributed by atoms with Gasteiger partial charge >= 0.3 is 0 Å². The van der Waals surface area contributed by atoms with Gasteiger partial charge in [0, 0.05) is 6.54 Å². The highest BCUT2D eigenvalue weighted by molar-refractivity contribution is 5.75. The quantitative estimate of drug-likeness (QED) is 0.819. The third kappa shape index (κ3) is 3.17. The van der Waals surface area contributed by atoms with E-state index in [-0.39, 0.29) is 0 Å². The molecule has 0 aliphatic carbocycles. The van der Waals surface area contributed by atoms with E-state index in [0.717, 1.165) is 42.8 Å². The summed E-state index contributed by atoms with van der Waals surface area (Å²) in [5.74, 6) is 1.44. The molecular weight excluding hydrogens is 224 g/mol. The molecule has 0 bridgehead atoms. The molecule has 1 aromatic carbocycles. The zero-order chi connectivity index (χ0) is 12.8. The molecule has 0 fully saturated rings. The van der Waals surface area contributed by atoms with Crippen molar-refractivity contribution in [2.75, 3.05) is 18.4 Å². The number of hydrogen-bond acceptors (Lipinski definition) is 4. The van der Waals surface area contributed by atoms with Gasteiger partial charge in [-0.05, 0) is 31.0 Å². The summed E-state index contributed by atoms with van der Waals surface area (Å²) in [5.41, 5.74) is 7.45. The van der Waals surface area contributed by atoms with Gasteiger partial charge in [-0.3, -0.25) is 4.98 Å². The van der Waals surface area contributed by atoms with Crippen LogP contribution in [0, 0.1) is 5.92 Å². The third-order valence-electron chi connectivity index (χ3n) is 3.17. The lowest BCUT2D eigenvalue weighted by molar-refractivity contribution is 0.501. The lowest BCUT2D eigenvalue weighted by Gasteiger charge is -2.14. The average molecular weight is 244 g/mol. The van der Waals surface area contributed by atoms with Crippen LogP contribution in [0.5, 0.6) is 0 Å². The highest BCUT2D eigenvalue weighted by atomic mass is 15.0. The summed E-state index contributed by atoms with van der Waals surface area (Å²) < 4.78 is 0. The molecule has 0 saturated carbocycles. The maximum Gasteiger partial charge on any atom is 0.145 e. The third-order valence-corrected chi connectivity index (χ3v) is 3.17. The van der Waals surface area contributed by atoms with Gasteiger partial charge in [0.25, 0.3) is 0 Å². The fourth-order valence-electron chi connectivity index (χ4n) is 1.98. The Labute approximate surface area is 108 Å². The lowest BCUT2D eigenvalue weighted by Crippen LogP contribution is -2.17. The maximum absolute atomic E-state index is 5.59. The zero-order valence-corrected chi connectivity index (χ0v) is 10.8. The van der Waals surface area contributed by atoms with Crippen LogP contribution in [0.2, 0.25) is 0 Å². The second kappa shape index (κ2) is 6.31. The number of nitrogens with zero attached hydrogens (tertiary/aromatic N) is 2. The van der Waals surface area contributed by atoms with Crippen LogP contribution < -0.4 is 11.1 Å². The molecule has 1 heterocycles. The average Bonchev–Trinajstić information content (AvgIpc) is 2.43. The zero-order valence-electron chi connectivity index (χ0n) is 10.8. The van der Waals surface area contributed by atoms with Crippen LogP contribution in [0.25, 0.3) is 11.0 Å². The highest BCUT2D eigenvalue weighted by Gasteiger charge is 2.05. The summed E-state index contributed by atoms with van der Waals surface area (Å²) in [7, 11) is 0. The second-order valence-electron chi connectivity index (χ2n) is 4.48. The second-order valence-corrected chi connectivity index (χ2v) is 4.48. The lowest BCUT2D eigenvalue weighted by atomic mass is 10.0. The van der Waals surface area contributed by atoms with Crippen molar-refractivity contribution in [3.8, 4) is 0 Å². The van der Waals surface area contributed by atoms with Crippen LogP contribution in [0.15, 0.2) is 30.5 Å². The Kier molecular flexibility index (Phi) is 4.47. The van der Waals surface area contributed by atoms with Gasteiger partial charge in [-0.2, -0.15) is 0 Å². The van der Waals surface area contributed by atoms with Crippen molar-refractivity contribution >= 4 is 16.9 Å². The summed E-state index contributed by atoms with van der Waals surface area (Å²) >= 11 is 0. The van der Waals surface area contributed by atoms with E-state index in [9.17, 15) is 0 Å². The summed E-state index contributed by atoms with van der Waals surface area (Å²) in [6.45, 7) is 3.83. The number of benzene rings is 1. The maximum atomic E-state index is 5.59. The minimum Gasteiger partial charge on any atom is -0.368 e. The van der Waals surface area contributed by atoms with Gasteiger partial charge in [0.2, 0.25) is 0 Å². The van der Waals surface area contributed by atoms with E-state index >= 15 is 0 Å². The van der Waals surface area contributed by atoms with Gasteiger partial charge in [0.05, 0.1) is 17.2 Å². The standard InChI is InChI=1S/C14H20N4/c1-2-11(7-8-15)9-17-14-10-16-12-5-3-4-6-13(12)18-14/h3-6,10-11H,2,7-9,15H2,1H3,(H,17,18). The van der Waals surface area contributed by atoms with Crippen molar-refractivity contribution < 1.29 is 0 Å². The van der Waals surface area contributed by atoms with Crippen LogP contribution in [-0.2, 0) is 0 Å². The summed E-state index contributed by atoms with van der Waals surface area (Å²) in [5, 5.41) is 3.34. The van der Waals surface area contributed by atoms with Crippen LogP contribution in [0.4, 0.5) is 5.82 Å². The van der Waals surface area contributed by atoms with Crippen molar-refractivity contribution in [2.45, 2.75) is 19.8 Å². The van der Waals surface area contributed by atoms with Crippen LogP contribution in [0.1, 0.15) is 19.8 Å². The van der Waals surface area contributed by atoms with Crippen LogP contribution >= 0.6 is 0 Å². The number of aromatic nitrogens is 2. The molecule has 1 aromatic heterocycles. The molecule has 18 heavy (non-hydrogen) atoms. The van der Waals surface area contributed by atoms with Crippen LogP contribution in [0.3, 0.4) is 0 Å². The van der Waals surface area contributed by atoms with E-state index in [1.54, 1.807) is 6.20 Å². The number of nitrogens with two attached hydrogens (primary N) is 1. The summed E-state index contributed by atoms with van der Waals surface area (Å²) in [4.78, 5) is 8.92. The van der Waals surface area contributed by atoms with Gasteiger partial charge < -0.3 is 11.1 Å². The van der Waals surface area contributed by atoms with E-state index in [4.69, 9.17) is 5.73 Å². The number of hydrogen-bond donors (Lipinski definition) is 2.